The molecular formula is C33H30F3N7O8S. The van der Waals surface area contributed by atoms with E-state index in [4.69, 9.17) is 9.57 Å². The summed E-state index contributed by atoms with van der Waals surface area (Å²) in [5.41, 5.74) is 0.856. The van der Waals surface area contributed by atoms with Crippen molar-refractivity contribution in [1.82, 2.24) is 24.4 Å². The van der Waals surface area contributed by atoms with Crippen molar-refractivity contribution in [3.8, 4) is 16.9 Å². The quantitative estimate of drug-likeness (QED) is 0.104. The number of sulfonamides is 1. The fourth-order valence-corrected chi connectivity index (χ4v) is 6.55. The lowest BCUT2D eigenvalue weighted by atomic mass is 10.1. The number of aromatic nitrogens is 2. The van der Waals surface area contributed by atoms with Crippen LogP contribution in [0.15, 0.2) is 89.0 Å². The van der Waals surface area contributed by atoms with E-state index in [9.17, 15) is 41.2 Å². The van der Waals surface area contributed by atoms with Gasteiger partial charge in [-0.05, 0) is 69.2 Å². The molecule has 3 heterocycles. The molecule has 3 amide bonds. The van der Waals surface area contributed by atoms with Crippen LogP contribution in [-0.2, 0) is 25.8 Å². The lowest BCUT2D eigenvalue weighted by Gasteiger charge is -2.28. The van der Waals surface area contributed by atoms with Crippen molar-refractivity contribution in [3.63, 3.8) is 0 Å². The highest BCUT2D eigenvalue weighted by atomic mass is 32.2. The minimum absolute atomic E-state index is 0.0852. The van der Waals surface area contributed by atoms with E-state index >= 15 is 0 Å². The van der Waals surface area contributed by atoms with Gasteiger partial charge in [-0.2, -0.15) is 18.3 Å². The van der Waals surface area contributed by atoms with Crippen LogP contribution in [0.25, 0.3) is 16.9 Å². The van der Waals surface area contributed by atoms with Crippen LogP contribution in [0, 0.1) is 12.1 Å². The van der Waals surface area contributed by atoms with Crippen LogP contribution < -0.4 is 4.72 Å². The van der Waals surface area contributed by atoms with Gasteiger partial charge in [-0.15, -0.1) is 5.01 Å². The number of piperidine rings is 1. The average molecular weight is 742 g/mol. The van der Waals surface area contributed by atoms with Gasteiger partial charge in [-0.1, -0.05) is 42.0 Å². The number of hydrogen-bond donors (Lipinski definition) is 1. The largest absolute Gasteiger partial charge is 0.569 e. The molecule has 1 aromatic heterocycles. The third-order valence-corrected chi connectivity index (χ3v) is 9.62. The maximum absolute atomic E-state index is 13.6. The summed E-state index contributed by atoms with van der Waals surface area (Å²) in [4.78, 5) is 43.6. The average Bonchev–Trinajstić information content (AvgIpc) is 3.67. The molecule has 15 nitrogen and oxygen atoms in total. The van der Waals surface area contributed by atoms with Crippen molar-refractivity contribution in [2.24, 2.45) is 5.28 Å². The number of carbonyl (C=O) groups excluding carboxylic acids is 3. The van der Waals surface area contributed by atoms with Gasteiger partial charge >= 0.3 is 12.3 Å². The molecule has 2 aliphatic heterocycles. The summed E-state index contributed by atoms with van der Waals surface area (Å²) >= 11 is 0. The van der Waals surface area contributed by atoms with Gasteiger partial charge in [0.05, 0.1) is 38.9 Å². The van der Waals surface area contributed by atoms with Crippen molar-refractivity contribution in [2.45, 2.75) is 50.1 Å². The van der Waals surface area contributed by atoms with Crippen LogP contribution in [-0.4, -0.2) is 76.4 Å². The van der Waals surface area contributed by atoms with Gasteiger partial charge in [-0.3, -0.25) is 9.59 Å². The predicted molar refractivity (Wildman–Crippen MR) is 174 cm³/mol. The highest BCUT2D eigenvalue weighted by molar-refractivity contribution is 7.90. The molecule has 1 N–H and O–H groups in total. The van der Waals surface area contributed by atoms with E-state index in [-0.39, 0.29) is 51.9 Å². The highest BCUT2D eigenvalue weighted by Crippen LogP contribution is 2.33. The number of alkyl halides is 3. The Morgan fingerprint density at radius 3 is 2.29 bits per heavy atom. The van der Waals surface area contributed by atoms with E-state index in [0.29, 0.717) is 12.0 Å². The molecule has 1 fully saturated rings. The number of hydrogen-bond acceptors (Lipinski definition) is 10. The maximum atomic E-state index is 13.6. The Bertz CT molecular complexity index is 2120. The summed E-state index contributed by atoms with van der Waals surface area (Å²) in [5.74, 6) is -1.21. The standard InChI is InChI=1S/C33H30F3N7O8S/c1-20-9-11-22(12-10-20)28-18-29(33(34,35)36)37-42(28)23-13-15-25(16-14-23)52(48,49)38-32(46)50-24-6-5-17-40(19-24)43(47)39-51-21(2)41-30(44)26-7-3-4-8-27(26)31(41)45/h3-4,7-16,18,21,24H,5-6,17,19H2,1-2H3,(H,38,46). The van der Waals surface area contributed by atoms with Crippen molar-refractivity contribution in [3.05, 3.63) is 106 Å². The second kappa shape index (κ2) is 14.0. The first kappa shape index (κ1) is 35.8. The number of amides is 3. The number of rotatable bonds is 9. The smallest absolute Gasteiger partial charge is 0.435 e. The normalized spacial score (nSPS) is 17.2. The summed E-state index contributed by atoms with van der Waals surface area (Å²) in [6.07, 6.45) is -7.59. The zero-order valence-electron chi connectivity index (χ0n) is 27.5. The predicted octanol–water partition coefficient (Wildman–Crippen LogP) is 5.20. The molecule has 2 aliphatic rings. The molecule has 1 saturated heterocycles. The fourth-order valence-electron chi connectivity index (χ4n) is 5.67. The maximum Gasteiger partial charge on any atom is 0.435 e. The molecule has 0 radical (unpaired) electrons. The second-order valence-corrected chi connectivity index (χ2v) is 13.6. The SMILES string of the molecule is Cc1ccc(-c2cc(C(F)(F)F)nn2-c2ccc(S(=O)(=O)NC(=O)OC3CCCN([N+]([O-])=NOC(C)N4C(=O)c5ccccc5C4=O)C3)cc2)cc1. The third-order valence-electron chi connectivity index (χ3n) is 8.29. The lowest BCUT2D eigenvalue weighted by Crippen LogP contribution is -2.46. The van der Waals surface area contributed by atoms with Gasteiger partial charge in [0.15, 0.2) is 5.69 Å². The van der Waals surface area contributed by atoms with Crippen LogP contribution >= 0.6 is 0 Å². The number of nitrogens with one attached hydrogen (secondary N) is 1. The van der Waals surface area contributed by atoms with Gasteiger partial charge in [0.1, 0.15) is 12.6 Å². The summed E-state index contributed by atoms with van der Waals surface area (Å²) in [6.45, 7) is 3.18. The Morgan fingerprint density at radius 2 is 1.67 bits per heavy atom. The van der Waals surface area contributed by atoms with Crippen LogP contribution in [0.5, 0.6) is 0 Å². The number of ether oxygens (including phenoxy) is 1. The molecule has 0 bridgehead atoms. The van der Waals surface area contributed by atoms with Gasteiger partial charge in [0, 0.05) is 5.56 Å². The van der Waals surface area contributed by atoms with Crippen LogP contribution in [0.3, 0.4) is 0 Å². The first-order valence-corrected chi connectivity index (χ1v) is 17.2. The van der Waals surface area contributed by atoms with E-state index in [1.165, 1.54) is 31.2 Å². The van der Waals surface area contributed by atoms with Gasteiger partial charge in [0.2, 0.25) is 11.5 Å². The molecule has 0 aliphatic carbocycles. The Hall–Kier alpha value is -5.98. The monoisotopic (exact) mass is 741 g/mol. The molecule has 272 valence electrons. The van der Waals surface area contributed by atoms with Crippen LogP contribution in [0.4, 0.5) is 18.0 Å². The Balaban J connectivity index is 1.07. The molecule has 19 heteroatoms. The van der Waals surface area contributed by atoms with Crippen LogP contribution in [0.2, 0.25) is 0 Å². The number of aryl methyl sites for hydroxylation is 1. The minimum atomic E-state index is -4.73. The summed E-state index contributed by atoms with van der Waals surface area (Å²) in [7, 11) is -4.50. The lowest BCUT2D eigenvalue weighted by molar-refractivity contribution is -0.715. The van der Waals surface area contributed by atoms with Gasteiger partial charge < -0.3 is 14.8 Å². The molecule has 6 rings (SSSR count). The number of benzene rings is 3. The van der Waals surface area contributed by atoms with E-state index in [0.717, 1.165) is 38.4 Å². The summed E-state index contributed by atoms with van der Waals surface area (Å²) in [6, 6.07) is 18.5. The first-order chi connectivity index (χ1) is 24.6. The molecule has 2 unspecified atom stereocenters. The van der Waals surface area contributed by atoms with E-state index in [1.807, 2.05) is 6.92 Å². The molecule has 52 heavy (non-hydrogen) atoms. The van der Waals surface area contributed by atoms with Crippen molar-refractivity contribution < 1.29 is 50.5 Å². The van der Waals surface area contributed by atoms with Gasteiger partial charge in [0.25, 0.3) is 21.8 Å². The minimum Gasteiger partial charge on any atom is -0.569 e. The van der Waals surface area contributed by atoms with Crippen molar-refractivity contribution in [2.75, 3.05) is 13.1 Å². The summed E-state index contributed by atoms with van der Waals surface area (Å²) < 4.78 is 74.8. The molecule has 0 spiro atoms. The zero-order chi connectivity index (χ0) is 37.4. The fraction of sp³-hybridized carbons (Fsp3) is 0.273. The van der Waals surface area contributed by atoms with E-state index in [1.54, 1.807) is 41.1 Å². The number of hydrazine groups is 1. The number of nitrogens with zero attached hydrogens (tertiary/aromatic N) is 6. The van der Waals surface area contributed by atoms with E-state index < -0.39 is 52.1 Å². The topological polar surface area (TPSA) is 179 Å². The third kappa shape index (κ3) is 7.39. The van der Waals surface area contributed by atoms with Gasteiger partial charge in [-0.25, -0.2) is 27.5 Å². The molecule has 2 atom stereocenters. The Kier molecular flexibility index (Phi) is 9.63. The number of fused-ring (bicyclic) bond motifs is 1. The van der Waals surface area contributed by atoms with Crippen molar-refractivity contribution >= 4 is 27.9 Å². The molecule has 4 aromatic rings. The highest BCUT2D eigenvalue weighted by Gasteiger charge is 2.40. The number of imide groups is 1. The van der Waals surface area contributed by atoms with Crippen molar-refractivity contribution in [1.29, 1.82) is 0 Å². The Morgan fingerprint density at radius 1 is 1.04 bits per heavy atom. The zero-order valence-corrected chi connectivity index (χ0v) is 28.3. The molecule has 0 saturated carbocycles. The number of halogens is 3. The summed E-state index contributed by atoms with van der Waals surface area (Å²) in [5, 5.41) is 21.0. The second-order valence-electron chi connectivity index (χ2n) is 11.9. The van der Waals surface area contributed by atoms with Crippen LogP contribution in [0.1, 0.15) is 51.7 Å². The Labute approximate surface area is 294 Å². The number of carbonyl (C=O) groups is 3. The molecule has 3 aromatic carbocycles. The first-order valence-electron chi connectivity index (χ1n) is 15.8. The molecular weight excluding hydrogens is 711 g/mol. The van der Waals surface area contributed by atoms with E-state index in [2.05, 4.69) is 10.4 Å².